The fourth-order valence-electron chi connectivity index (χ4n) is 1.85. The van der Waals surface area contributed by atoms with Crippen LogP contribution in [0.2, 0.25) is 0 Å². The van der Waals surface area contributed by atoms with Gasteiger partial charge in [-0.2, -0.15) is 12.6 Å². The Balaban J connectivity index is 2.35. The van der Waals surface area contributed by atoms with Crippen LogP contribution in [0.15, 0.2) is 24.4 Å². The largest absolute Gasteiger partial charge is 0.342 e. The summed E-state index contributed by atoms with van der Waals surface area (Å²) < 4.78 is 0. The molecule has 1 N–H and O–H groups in total. The third-order valence-corrected chi connectivity index (χ3v) is 2.87. The maximum atomic E-state index is 4.34. The lowest BCUT2D eigenvalue weighted by Gasteiger charge is -2.04. The predicted molar refractivity (Wildman–Crippen MR) is 71.1 cm³/mol. The van der Waals surface area contributed by atoms with Crippen LogP contribution < -0.4 is 0 Å². The van der Waals surface area contributed by atoms with Crippen molar-refractivity contribution in [3.63, 3.8) is 0 Å². The highest BCUT2D eigenvalue weighted by Gasteiger charge is 2.05. The molecule has 0 spiro atoms. The highest BCUT2D eigenvalue weighted by atomic mass is 32.1. The first-order valence-electron chi connectivity index (χ1n) is 5.43. The van der Waals surface area contributed by atoms with Crippen LogP contribution in [0.3, 0.4) is 0 Å². The molecule has 0 amide bonds. The molecule has 0 atom stereocenters. The molecule has 2 rings (SSSR count). The van der Waals surface area contributed by atoms with Crippen molar-refractivity contribution in [3.05, 3.63) is 41.3 Å². The van der Waals surface area contributed by atoms with Crippen LogP contribution in [0.25, 0.3) is 11.3 Å². The fraction of sp³-hybridized carbons (Fsp3) is 0.308. The van der Waals surface area contributed by atoms with Gasteiger partial charge in [0.25, 0.3) is 0 Å². The lowest BCUT2D eigenvalue weighted by molar-refractivity contribution is 1.00. The van der Waals surface area contributed by atoms with Gasteiger partial charge in [-0.25, -0.2) is 4.98 Å². The van der Waals surface area contributed by atoms with Gasteiger partial charge in [-0.1, -0.05) is 23.8 Å². The number of benzene rings is 1. The smallest absolute Gasteiger partial charge is 0.107 e. The lowest BCUT2D eigenvalue weighted by Crippen LogP contribution is -1.89. The zero-order valence-corrected chi connectivity index (χ0v) is 10.5. The standard InChI is InChI=1S/C13H16N2S/c1-9-3-4-11(10(2)7-9)12-8-14-13(15-12)5-6-16/h3-4,7-8,16H,5-6H2,1-2H3,(H,14,15). The van der Waals surface area contributed by atoms with Crippen LogP contribution in [0.1, 0.15) is 17.0 Å². The second-order valence-corrected chi connectivity index (χ2v) is 4.48. The van der Waals surface area contributed by atoms with Crippen molar-refractivity contribution in [2.24, 2.45) is 0 Å². The summed E-state index contributed by atoms with van der Waals surface area (Å²) in [6, 6.07) is 6.46. The molecule has 0 saturated carbocycles. The van der Waals surface area contributed by atoms with E-state index < -0.39 is 0 Å². The molecule has 1 heterocycles. The van der Waals surface area contributed by atoms with Crippen molar-refractivity contribution < 1.29 is 0 Å². The Kier molecular flexibility index (Phi) is 3.34. The average Bonchev–Trinajstić information content (AvgIpc) is 2.67. The van der Waals surface area contributed by atoms with Gasteiger partial charge in [0.2, 0.25) is 0 Å². The number of hydrogen-bond donors (Lipinski definition) is 2. The molecule has 1 aromatic heterocycles. The minimum Gasteiger partial charge on any atom is -0.342 e. The molecule has 3 heteroatoms. The van der Waals surface area contributed by atoms with E-state index in [1.807, 2.05) is 6.20 Å². The monoisotopic (exact) mass is 232 g/mol. The van der Waals surface area contributed by atoms with Gasteiger partial charge < -0.3 is 4.98 Å². The van der Waals surface area contributed by atoms with Crippen LogP contribution >= 0.6 is 12.6 Å². The molecule has 0 bridgehead atoms. The summed E-state index contributed by atoms with van der Waals surface area (Å²) in [5, 5.41) is 0. The molecule has 0 aliphatic carbocycles. The zero-order valence-electron chi connectivity index (χ0n) is 9.62. The van der Waals surface area contributed by atoms with E-state index in [1.54, 1.807) is 0 Å². The van der Waals surface area contributed by atoms with E-state index in [0.717, 1.165) is 23.7 Å². The van der Waals surface area contributed by atoms with Crippen LogP contribution in [0.4, 0.5) is 0 Å². The molecule has 2 aromatic rings. The molecule has 0 radical (unpaired) electrons. The SMILES string of the molecule is Cc1ccc(-c2cnc(CCS)[nH]2)c(C)c1. The van der Waals surface area contributed by atoms with E-state index in [9.17, 15) is 0 Å². The number of rotatable bonds is 3. The van der Waals surface area contributed by atoms with Gasteiger partial charge in [-0.05, 0) is 25.2 Å². The van der Waals surface area contributed by atoms with Gasteiger partial charge in [0.05, 0.1) is 11.9 Å². The first-order valence-corrected chi connectivity index (χ1v) is 6.06. The Morgan fingerprint density at radius 1 is 1.31 bits per heavy atom. The first kappa shape index (κ1) is 11.3. The lowest BCUT2D eigenvalue weighted by atomic mass is 10.0. The van der Waals surface area contributed by atoms with Gasteiger partial charge in [-0.3, -0.25) is 0 Å². The van der Waals surface area contributed by atoms with E-state index in [2.05, 4.69) is 54.6 Å². The van der Waals surface area contributed by atoms with E-state index in [1.165, 1.54) is 16.7 Å². The van der Waals surface area contributed by atoms with Crippen molar-refractivity contribution in [1.29, 1.82) is 0 Å². The number of nitrogens with one attached hydrogen (secondary N) is 1. The van der Waals surface area contributed by atoms with Crippen molar-refractivity contribution in [2.75, 3.05) is 5.75 Å². The van der Waals surface area contributed by atoms with Crippen LogP contribution in [0, 0.1) is 13.8 Å². The maximum Gasteiger partial charge on any atom is 0.107 e. The third-order valence-electron chi connectivity index (χ3n) is 2.65. The molecule has 84 valence electrons. The second-order valence-electron chi connectivity index (χ2n) is 4.04. The van der Waals surface area contributed by atoms with Gasteiger partial charge >= 0.3 is 0 Å². The van der Waals surface area contributed by atoms with Crippen molar-refractivity contribution in [3.8, 4) is 11.3 Å². The molecule has 0 aliphatic rings. The quantitative estimate of drug-likeness (QED) is 0.782. The van der Waals surface area contributed by atoms with Gasteiger partial charge in [0.15, 0.2) is 0 Å². The Bertz CT molecular complexity index is 488. The average molecular weight is 232 g/mol. The van der Waals surface area contributed by atoms with Crippen molar-refractivity contribution in [2.45, 2.75) is 20.3 Å². The minimum atomic E-state index is 0.819. The maximum absolute atomic E-state index is 4.34. The number of thiol groups is 1. The first-order chi connectivity index (χ1) is 7.70. The van der Waals surface area contributed by atoms with Gasteiger partial charge in [0.1, 0.15) is 5.82 Å². The summed E-state index contributed by atoms with van der Waals surface area (Å²) in [6.07, 6.45) is 2.78. The van der Waals surface area contributed by atoms with E-state index in [-0.39, 0.29) is 0 Å². The molecule has 1 aromatic carbocycles. The highest BCUT2D eigenvalue weighted by molar-refractivity contribution is 7.80. The molecular weight excluding hydrogens is 216 g/mol. The Morgan fingerprint density at radius 2 is 2.12 bits per heavy atom. The fourth-order valence-corrected chi connectivity index (χ4v) is 2.06. The molecular formula is C13H16N2S. The third kappa shape index (κ3) is 2.30. The summed E-state index contributed by atoms with van der Waals surface area (Å²) in [4.78, 5) is 7.67. The number of aryl methyl sites for hydroxylation is 3. The van der Waals surface area contributed by atoms with E-state index in [4.69, 9.17) is 0 Å². The van der Waals surface area contributed by atoms with Crippen LogP contribution in [0.5, 0.6) is 0 Å². The van der Waals surface area contributed by atoms with E-state index >= 15 is 0 Å². The van der Waals surface area contributed by atoms with Crippen LogP contribution in [-0.2, 0) is 6.42 Å². The number of aromatic nitrogens is 2. The van der Waals surface area contributed by atoms with Crippen molar-refractivity contribution in [1.82, 2.24) is 9.97 Å². The Morgan fingerprint density at radius 3 is 2.81 bits per heavy atom. The highest BCUT2D eigenvalue weighted by Crippen LogP contribution is 2.22. The van der Waals surface area contributed by atoms with Gasteiger partial charge in [-0.15, -0.1) is 0 Å². The number of nitrogens with zero attached hydrogens (tertiary/aromatic N) is 1. The van der Waals surface area contributed by atoms with E-state index in [0.29, 0.717) is 0 Å². The number of aromatic amines is 1. The normalized spacial score (nSPS) is 10.7. The summed E-state index contributed by atoms with van der Waals surface area (Å²) in [5.74, 6) is 1.82. The number of imidazole rings is 1. The number of H-pyrrole nitrogens is 1. The summed E-state index contributed by atoms with van der Waals surface area (Å²) in [6.45, 7) is 4.23. The summed E-state index contributed by atoms with van der Waals surface area (Å²) in [5.41, 5.74) is 4.88. The Hall–Kier alpha value is -1.22. The van der Waals surface area contributed by atoms with Crippen molar-refractivity contribution >= 4 is 12.6 Å². The molecule has 2 nitrogen and oxygen atoms in total. The Labute approximate surface area is 102 Å². The molecule has 0 saturated heterocycles. The van der Waals surface area contributed by atoms with Crippen LogP contribution in [-0.4, -0.2) is 15.7 Å². The number of hydrogen-bond acceptors (Lipinski definition) is 2. The van der Waals surface area contributed by atoms with Gasteiger partial charge in [0, 0.05) is 12.0 Å². The summed E-state index contributed by atoms with van der Waals surface area (Å²) in [7, 11) is 0. The molecule has 16 heavy (non-hydrogen) atoms. The minimum absolute atomic E-state index is 0.819. The predicted octanol–water partition coefficient (Wildman–Crippen LogP) is 3.17. The topological polar surface area (TPSA) is 28.7 Å². The molecule has 0 unspecified atom stereocenters. The molecule has 0 aliphatic heterocycles. The molecule has 0 fully saturated rings. The summed E-state index contributed by atoms with van der Waals surface area (Å²) >= 11 is 4.20. The second kappa shape index (κ2) is 4.74. The zero-order chi connectivity index (χ0) is 11.5.